The zero-order valence-corrected chi connectivity index (χ0v) is 16.1. The minimum Gasteiger partial charge on any atom is -0.497 e. The molecule has 0 radical (unpaired) electrons. The molecule has 0 aliphatic rings. The molecule has 7 heteroatoms. The van der Waals surface area contributed by atoms with E-state index in [9.17, 15) is 4.79 Å². The first kappa shape index (κ1) is 18.4. The molecule has 2 aromatic carbocycles. The number of nitrogens with one attached hydrogen (secondary N) is 1. The Labute approximate surface area is 161 Å². The molecule has 0 aliphatic heterocycles. The zero-order chi connectivity index (χ0) is 18.4. The maximum absolute atomic E-state index is 12.2. The third kappa shape index (κ3) is 4.62. The molecular formula is C19H19N3O2S2. The van der Waals surface area contributed by atoms with Crippen molar-refractivity contribution in [2.24, 2.45) is 0 Å². The molecule has 26 heavy (non-hydrogen) atoms. The zero-order valence-electron chi connectivity index (χ0n) is 14.5. The van der Waals surface area contributed by atoms with Gasteiger partial charge in [0.25, 0.3) is 0 Å². The van der Waals surface area contributed by atoms with Crippen LogP contribution in [-0.4, -0.2) is 34.6 Å². The smallest absolute Gasteiger partial charge is 0.234 e. The van der Waals surface area contributed by atoms with Gasteiger partial charge in [0.1, 0.15) is 5.75 Å². The number of aromatic nitrogens is 2. The fourth-order valence-electron chi connectivity index (χ4n) is 2.35. The van der Waals surface area contributed by atoms with Crippen LogP contribution in [0.4, 0.5) is 5.69 Å². The number of hydrogen-bond donors (Lipinski definition) is 1. The number of hydrogen-bond acceptors (Lipinski definition) is 5. The summed E-state index contributed by atoms with van der Waals surface area (Å²) in [4.78, 5) is 17.7. The molecule has 3 rings (SSSR count). The molecule has 1 amide bonds. The highest BCUT2D eigenvalue weighted by Gasteiger charge is 2.10. The number of ether oxygens (including phenoxy) is 1. The van der Waals surface area contributed by atoms with Gasteiger partial charge in [-0.3, -0.25) is 9.36 Å². The Morgan fingerprint density at radius 2 is 2.04 bits per heavy atom. The third-order valence-corrected chi connectivity index (χ3v) is 5.35. The highest BCUT2D eigenvalue weighted by atomic mass is 32.2. The lowest BCUT2D eigenvalue weighted by molar-refractivity contribution is -0.113. The average molecular weight is 386 g/mol. The molecule has 5 nitrogen and oxygen atoms in total. The number of nitrogens with zero attached hydrogens (tertiary/aromatic N) is 2. The summed E-state index contributed by atoms with van der Waals surface area (Å²) >= 11 is 3.06. The second kappa shape index (κ2) is 8.82. The number of thioether (sulfide) groups is 2. The molecule has 0 atom stereocenters. The molecule has 0 aliphatic carbocycles. The molecular weight excluding hydrogens is 366 g/mol. The number of rotatable bonds is 7. The van der Waals surface area contributed by atoms with Crippen LogP contribution < -0.4 is 10.1 Å². The van der Waals surface area contributed by atoms with Crippen molar-refractivity contribution in [3.05, 3.63) is 60.9 Å². The molecule has 0 bridgehead atoms. The molecule has 0 saturated carbocycles. The van der Waals surface area contributed by atoms with E-state index in [1.807, 2.05) is 65.6 Å². The van der Waals surface area contributed by atoms with Crippen LogP contribution in [0, 0.1) is 0 Å². The number of amides is 1. The van der Waals surface area contributed by atoms with Crippen LogP contribution in [-0.2, 0) is 4.79 Å². The lowest BCUT2D eigenvalue weighted by Crippen LogP contribution is -2.14. The average Bonchev–Trinajstić information content (AvgIpc) is 3.16. The van der Waals surface area contributed by atoms with Crippen LogP contribution in [0.15, 0.2) is 71.0 Å². The predicted octanol–water partition coefficient (Wildman–Crippen LogP) is 4.33. The fraction of sp³-hybridized carbons (Fsp3) is 0.158. The largest absolute Gasteiger partial charge is 0.497 e. The number of benzene rings is 2. The van der Waals surface area contributed by atoms with Crippen molar-refractivity contribution < 1.29 is 9.53 Å². The topological polar surface area (TPSA) is 56.2 Å². The molecule has 1 N–H and O–H groups in total. The van der Waals surface area contributed by atoms with Crippen molar-refractivity contribution in [2.75, 3.05) is 24.4 Å². The normalized spacial score (nSPS) is 10.5. The Kier molecular flexibility index (Phi) is 6.25. The van der Waals surface area contributed by atoms with E-state index in [0.29, 0.717) is 0 Å². The molecule has 3 aromatic rings. The van der Waals surface area contributed by atoms with Gasteiger partial charge in [-0.1, -0.05) is 17.8 Å². The van der Waals surface area contributed by atoms with Crippen LogP contribution in [0.5, 0.6) is 5.75 Å². The van der Waals surface area contributed by atoms with Gasteiger partial charge < -0.3 is 10.1 Å². The summed E-state index contributed by atoms with van der Waals surface area (Å²) < 4.78 is 7.21. The van der Waals surface area contributed by atoms with Crippen molar-refractivity contribution in [1.82, 2.24) is 9.55 Å². The van der Waals surface area contributed by atoms with Crippen molar-refractivity contribution in [2.45, 2.75) is 10.1 Å². The van der Waals surface area contributed by atoms with Crippen molar-refractivity contribution in [3.8, 4) is 11.4 Å². The van der Waals surface area contributed by atoms with E-state index in [0.717, 1.165) is 27.2 Å². The number of anilines is 1. The summed E-state index contributed by atoms with van der Waals surface area (Å²) in [6.07, 6.45) is 5.62. The Balaban J connectivity index is 1.63. The van der Waals surface area contributed by atoms with Gasteiger partial charge >= 0.3 is 0 Å². The van der Waals surface area contributed by atoms with E-state index in [4.69, 9.17) is 4.74 Å². The van der Waals surface area contributed by atoms with E-state index in [1.165, 1.54) is 11.8 Å². The SMILES string of the molecule is COc1cccc(-n2ccnc2SCC(=O)Nc2ccc(SC)cc2)c1. The Bertz CT molecular complexity index is 879. The van der Waals surface area contributed by atoms with E-state index in [1.54, 1.807) is 25.1 Å². The fourth-order valence-corrected chi connectivity index (χ4v) is 3.54. The molecule has 134 valence electrons. The Morgan fingerprint density at radius 1 is 1.23 bits per heavy atom. The van der Waals surface area contributed by atoms with Crippen molar-refractivity contribution >= 4 is 35.1 Å². The van der Waals surface area contributed by atoms with Crippen molar-refractivity contribution in [3.63, 3.8) is 0 Å². The van der Waals surface area contributed by atoms with E-state index in [-0.39, 0.29) is 11.7 Å². The highest BCUT2D eigenvalue weighted by Crippen LogP contribution is 2.23. The highest BCUT2D eigenvalue weighted by molar-refractivity contribution is 7.99. The van der Waals surface area contributed by atoms with Crippen LogP contribution >= 0.6 is 23.5 Å². The summed E-state index contributed by atoms with van der Waals surface area (Å²) in [5, 5.41) is 3.66. The first-order valence-electron chi connectivity index (χ1n) is 7.94. The Hall–Kier alpha value is -2.38. The van der Waals surface area contributed by atoms with Gasteiger partial charge in [-0.05, 0) is 42.7 Å². The lowest BCUT2D eigenvalue weighted by atomic mass is 10.3. The molecule has 0 saturated heterocycles. The molecule has 0 spiro atoms. The molecule has 0 fully saturated rings. The Morgan fingerprint density at radius 3 is 2.77 bits per heavy atom. The molecule has 0 unspecified atom stereocenters. The van der Waals surface area contributed by atoms with Crippen molar-refractivity contribution in [1.29, 1.82) is 0 Å². The number of carbonyl (C=O) groups is 1. The quantitative estimate of drug-likeness (QED) is 0.614. The molecule has 1 heterocycles. The summed E-state index contributed by atoms with van der Waals surface area (Å²) in [7, 11) is 1.64. The monoisotopic (exact) mass is 385 g/mol. The first-order valence-corrected chi connectivity index (χ1v) is 10.1. The minimum absolute atomic E-state index is 0.0629. The maximum Gasteiger partial charge on any atom is 0.234 e. The summed E-state index contributed by atoms with van der Waals surface area (Å²) in [5.74, 6) is 0.997. The second-order valence-corrected chi connectivity index (χ2v) is 7.17. The van der Waals surface area contributed by atoms with Gasteiger partial charge in [-0.15, -0.1) is 11.8 Å². The van der Waals surface area contributed by atoms with E-state index in [2.05, 4.69) is 10.3 Å². The van der Waals surface area contributed by atoms with Gasteiger partial charge in [0.2, 0.25) is 5.91 Å². The number of carbonyl (C=O) groups excluding carboxylic acids is 1. The van der Waals surface area contributed by atoms with E-state index >= 15 is 0 Å². The third-order valence-electron chi connectivity index (χ3n) is 3.64. The lowest BCUT2D eigenvalue weighted by Gasteiger charge is -2.09. The van der Waals surface area contributed by atoms with Gasteiger partial charge in [0.15, 0.2) is 5.16 Å². The maximum atomic E-state index is 12.2. The minimum atomic E-state index is -0.0629. The van der Waals surface area contributed by atoms with Gasteiger partial charge in [-0.25, -0.2) is 4.98 Å². The van der Waals surface area contributed by atoms with Gasteiger partial charge in [0, 0.05) is 29.0 Å². The molecule has 1 aromatic heterocycles. The standard InChI is InChI=1S/C19H19N3O2S2/c1-24-16-5-3-4-15(12-16)22-11-10-20-19(22)26-13-18(23)21-14-6-8-17(25-2)9-7-14/h3-12H,13H2,1-2H3,(H,21,23). The predicted molar refractivity (Wildman–Crippen MR) is 108 cm³/mol. The van der Waals surface area contributed by atoms with Crippen LogP contribution in [0.3, 0.4) is 0 Å². The number of methoxy groups -OCH3 is 1. The van der Waals surface area contributed by atoms with Crippen LogP contribution in [0.25, 0.3) is 5.69 Å². The van der Waals surface area contributed by atoms with Gasteiger partial charge in [0.05, 0.1) is 18.6 Å². The van der Waals surface area contributed by atoms with E-state index < -0.39 is 0 Å². The first-order chi connectivity index (χ1) is 12.7. The van der Waals surface area contributed by atoms with Crippen LogP contribution in [0.2, 0.25) is 0 Å². The number of imidazole rings is 1. The summed E-state index contributed by atoms with van der Waals surface area (Å²) in [6, 6.07) is 15.5. The summed E-state index contributed by atoms with van der Waals surface area (Å²) in [6.45, 7) is 0. The van der Waals surface area contributed by atoms with Crippen LogP contribution in [0.1, 0.15) is 0 Å². The second-order valence-electron chi connectivity index (χ2n) is 5.35. The summed E-state index contributed by atoms with van der Waals surface area (Å²) in [5.41, 5.74) is 1.74. The van der Waals surface area contributed by atoms with Gasteiger partial charge in [-0.2, -0.15) is 0 Å².